The molecule has 2 aromatic rings. The summed E-state index contributed by atoms with van der Waals surface area (Å²) in [5, 5.41) is 14.5. The first kappa shape index (κ1) is 13.5. The predicted octanol–water partition coefficient (Wildman–Crippen LogP) is 3.80. The molecule has 108 valence electrons. The number of rotatable bonds is 3. The van der Waals surface area contributed by atoms with Gasteiger partial charge in [0.2, 0.25) is 0 Å². The lowest BCUT2D eigenvalue weighted by Gasteiger charge is -2.21. The number of nitrogens with zero attached hydrogens (tertiary/aromatic N) is 2. The van der Waals surface area contributed by atoms with E-state index in [-0.39, 0.29) is 17.4 Å². The van der Waals surface area contributed by atoms with E-state index in [9.17, 15) is 14.5 Å². The highest BCUT2D eigenvalue weighted by molar-refractivity contribution is 5.97. The second-order valence-corrected chi connectivity index (χ2v) is 5.03. The minimum Gasteiger partial charge on any atom is -0.378 e. The molecule has 1 aliphatic carbocycles. The maximum absolute atomic E-state index is 14.3. The third-order valence-electron chi connectivity index (χ3n) is 3.64. The van der Waals surface area contributed by atoms with E-state index in [2.05, 4.69) is 22.5 Å². The fourth-order valence-electron chi connectivity index (χ4n) is 2.61. The molecule has 0 spiro atoms. The van der Waals surface area contributed by atoms with E-state index in [1.54, 1.807) is 12.1 Å². The van der Waals surface area contributed by atoms with Gasteiger partial charge in [-0.3, -0.25) is 15.1 Å². The van der Waals surface area contributed by atoms with Crippen molar-refractivity contribution >= 4 is 22.3 Å². The van der Waals surface area contributed by atoms with Crippen LogP contribution >= 0.6 is 0 Å². The predicted molar refractivity (Wildman–Crippen MR) is 78.8 cm³/mol. The molecule has 0 saturated carbocycles. The largest absolute Gasteiger partial charge is 0.378 e. The van der Waals surface area contributed by atoms with Crippen LogP contribution in [-0.4, -0.2) is 15.9 Å². The summed E-state index contributed by atoms with van der Waals surface area (Å²) in [7, 11) is 0. The molecule has 21 heavy (non-hydrogen) atoms. The molecule has 0 radical (unpaired) electrons. The molecule has 0 bridgehead atoms. The Morgan fingerprint density at radius 2 is 2.29 bits per heavy atom. The van der Waals surface area contributed by atoms with Gasteiger partial charge in [0, 0.05) is 12.2 Å². The number of allylic oxidation sites excluding steroid dienone is 1. The Morgan fingerprint density at radius 1 is 1.43 bits per heavy atom. The highest BCUT2D eigenvalue weighted by Gasteiger charge is 2.21. The molecule has 1 N–H and O–H groups in total. The van der Waals surface area contributed by atoms with Crippen LogP contribution in [0.25, 0.3) is 10.9 Å². The Kier molecular flexibility index (Phi) is 3.51. The zero-order valence-corrected chi connectivity index (χ0v) is 11.3. The second kappa shape index (κ2) is 5.47. The summed E-state index contributed by atoms with van der Waals surface area (Å²) in [6, 6.07) is 4.29. The van der Waals surface area contributed by atoms with Crippen LogP contribution in [0.1, 0.15) is 19.3 Å². The van der Waals surface area contributed by atoms with Crippen molar-refractivity contribution in [2.24, 2.45) is 0 Å². The lowest BCUT2D eigenvalue weighted by molar-refractivity contribution is -0.383. The number of hydrogen-bond acceptors (Lipinski definition) is 4. The van der Waals surface area contributed by atoms with Crippen molar-refractivity contribution in [1.29, 1.82) is 0 Å². The van der Waals surface area contributed by atoms with Crippen LogP contribution in [0, 0.1) is 15.9 Å². The van der Waals surface area contributed by atoms with Gasteiger partial charge in [-0.1, -0.05) is 12.2 Å². The molecule has 0 saturated heterocycles. The molecule has 1 aliphatic rings. The summed E-state index contributed by atoms with van der Waals surface area (Å²) in [4.78, 5) is 14.6. The minimum atomic E-state index is -0.637. The maximum Gasteiger partial charge on any atom is 0.281 e. The molecule has 3 rings (SSSR count). The number of anilines is 1. The molecule has 5 nitrogen and oxygen atoms in total. The van der Waals surface area contributed by atoms with Crippen LogP contribution in [0.15, 0.2) is 36.5 Å². The van der Waals surface area contributed by atoms with Gasteiger partial charge in [0.25, 0.3) is 5.69 Å². The van der Waals surface area contributed by atoms with E-state index in [0.717, 1.165) is 25.3 Å². The number of pyridine rings is 1. The SMILES string of the molecule is O=[N+]([O-])c1cc(F)c(NC2CC=CCC2)c2ncccc12. The lowest BCUT2D eigenvalue weighted by Crippen LogP contribution is -2.21. The van der Waals surface area contributed by atoms with Gasteiger partial charge in [-0.05, 0) is 31.4 Å². The first-order valence-corrected chi connectivity index (χ1v) is 6.80. The Hall–Kier alpha value is -2.50. The zero-order chi connectivity index (χ0) is 14.8. The van der Waals surface area contributed by atoms with Crippen molar-refractivity contribution in [3.8, 4) is 0 Å². The van der Waals surface area contributed by atoms with Crippen molar-refractivity contribution in [2.75, 3.05) is 5.32 Å². The van der Waals surface area contributed by atoms with Crippen LogP contribution in [-0.2, 0) is 0 Å². The summed E-state index contributed by atoms with van der Waals surface area (Å²) < 4.78 is 14.3. The van der Waals surface area contributed by atoms with Gasteiger partial charge in [-0.2, -0.15) is 0 Å². The Labute approximate surface area is 120 Å². The minimum absolute atomic E-state index is 0.121. The summed E-state index contributed by atoms with van der Waals surface area (Å²) in [5.41, 5.74) is 0.292. The number of nitrogens with one attached hydrogen (secondary N) is 1. The number of benzene rings is 1. The Balaban J connectivity index is 2.09. The van der Waals surface area contributed by atoms with E-state index in [0.29, 0.717) is 10.9 Å². The highest BCUT2D eigenvalue weighted by atomic mass is 19.1. The second-order valence-electron chi connectivity index (χ2n) is 5.03. The summed E-state index contributed by atoms with van der Waals surface area (Å²) in [5.74, 6) is -0.637. The molecule has 1 aromatic heterocycles. The topological polar surface area (TPSA) is 68.1 Å². The van der Waals surface area contributed by atoms with E-state index < -0.39 is 10.7 Å². The molecular weight excluding hydrogens is 273 g/mol. The van der Waals surface area contributed by atoms with Gasteiger partial charge in [0.05, 0.1) is 22.1 Å². The smallest absolute Gasteiger partial charge is 0.281 e. The average Bonchev–Trinajstić information content (AvgIpc) is 2.50. The van der Waals surface area contributed by atoms with Crippen molar-refractivity contribution in [1.82, 2.24) is 4.98 Å². The fraction of sp³-hybridized carbons (Fsp3) is 0.267. The molecule has 1 heterocycles. The average molecular weight is 287 g/mol. The van der Waals surface area contributed by atoms with Crippen molar-refractivity contribution in [3.63, 3.8) is 0 Å². The van der Waals surface area contributed by atoms with Crippen LogP contribution in [0.5, 0.6) is 0 Å². The van der Waals surface area contributed by atoms with Crippen LogP contribution in [0.2, 0.25) is 0 Å². The zero-order valence-electron chi connectivity index (χ0n) is 11.3. The van der Waals surface area contributed by atoms with Gasteiger partial charge in [-0.15, -0.1) is 0 Å². The van der Waals surface area contributed by atoms with Crippen molar-refractivity contribution in [3.05, 3.63) is 52.5 Å². The lowest BCUT2D eigenvalue weighted by atomic mass is 10.0. The molecule has 1 aromatic carbocycles. The molecule has 0 fully saturated rings. The number of hydrogen-bond donors (Lipinski definition) is 1. The van der Waals surface area contributed by atoms with Crippen molar-refractivity contribution < 1.29 is 9.31 Å². The maximum atomic E-state index is 14.3. The van der Waals surface area contributed by atoms with Gasteiger partial charge in [0.15, 0.2) is 5.82 Å². The van der Waals surface area contributed by atoms with Crippen LogP contribution < -0.4 is 5.32 Å². The number of nitro groups is 1. The van der Waals surface area contributed by atoms with Crippen LogP contribution in [0.3, 0.4) is 0 Å². The first-order valence-electron chi connectivity index (χ1n) is 6.80. The monoisotopic (exact) mass is 287 g/mol. The molecule has 0 aliphatic heterocycles. The molecule has 1 unspecified atom stereocenters. The fourth-order valence-corrected chi connectivity index (χ4v) is 2.61. The van der Waals surface area contributed by atoms with E-state index in [1.165, 1.54) is 6.20 Å². The van der Waals surface area contributed by atoms with Gasteiger partial charge >= 0.3 is 0 Å². The number of fused-ring (bicyclic) bond motifs is 1. The Bertz CT molecular complexity index is 730. The van der Waals surface area contributed by atoms with E-state index in [1.807, 2.05) is 0 Å². The normalized spacial score (nSPS) is 17.9. The summed E-state index contributed by atoms with van der Waals surface area (Å²) in [6.07, 6.45) is 8.32. The quantitative estimate of drug-likeness (QED) is 0.529. The third-order valence-corrected chi connectivity index (χ3v) is 3.64. The number of nitro benzene ring substituents is 1. The molecule has 0 amide bonds. The summed E-state index contributed by atoms with van der Waals surface area (Å²) >= 11 is 0. The van der Waals surface area contributed by atoms with E-state index in [4.69, 9.17) is 0 Å². The van der Waals surface area contributed by atoms with Gasteiger partial charge in [-0.25, -0.2) is 4.39 Å². The highest BCUT2D eigenvalue weighted by Crippen LogP contribution is 2.33. The molecule has 1 atom stereocenters. The number of non-ortho nitro benzene ring substituents is 1. The third kappa shape index (κ3) is 2.56. The van der Waals surface area contributed by atoms with Crippen LogP contribution in [0.4, 0.5) is 15.8 Å². The van der Waals surface area contributed by atoms with Gasteiger partial charge in [0.1, 0.15) is 5.52 Å². The van der Waals surface area contributed by atoms with E-state index >= 15 is 0 Å². The Morgan fingerprint density at radius 3 is 3.00 bits per heavy atom. The first-order chi connectivity index (χ1) is 10.2. The molecule has 6 heteroatoms. The number of halogens is 1. The number of aromatic nitrogens is 1. The van der Waals surface area contributed by atoms with Crippen molar-refractivity contribution in [2.45, 2.75) is 25.3 Å². The standard InChI is InChI=1S/C15H14FN3O2/c16-12-9-13(19(20)21)11-7-4-8-17-14(11)15(12)18-10-5-2-1-3-6-10/h1-2,4,7-10,18H,3,5-6H2. The van der Waals surface area contributed by atoms with Gasteiger partial charge < -0.3 is 5.32 Å². The molecular formula is C15H14FN3O2. The summed E-state index contributed by atoms with van der Waals surface area (Å²) in [6.45, 7) is 0.